The van der Waals surface area contributed by atoms with E-state index in [1.807, 2.05) is 30.3 Å². The molecule has 2 aromatic rings. The molecule has 0 saturated carbocycles. The van der Waals surface area contributed by atoms with Crippen LogP contribution < -0.4 is 5.43 Å². The first kappa shape index (κ1) is 15.9. The number of amides is 2. The van der Waals surface area contributed by atoms with Crippen molar-refractivity contribution in [1.82, 2.24) is 30.6 Å². The molecule has 1 aromatic carbocycles. The molecule has 2 amide bonds. The maximum Gasteiger partial charge on any atom is 0.257 e. The largest absolute Gasteiger partial charge is 0.272 e. The molecule has 3 rings (SSSR count). The first-order chi connectivity index (χ1) is 11.1. The third-order valence-corrected chi connectivity index (χ3v) is 5.04. The van der Waals surface area contributed by atoms with Crippen LogP contribution in [0.3, 0.4) is 0 Å². The van der Waals surface area contributed by atoms with E-state index in [1.54, 1.807) is 4.68 Å². The van der Waals surface area contributed by atoms with Crippen LogP contribution in [0.5, 0.6) is 0 Å². The van der Waals surface area contributed by atoms with Crippen molar-refractivity contribution in [3.63, 3.8) is 0 Å². The van der Waals surface area contributed by atoms with Crippen molar-refractivity contribution in [2.75, 3.05) is 11.5 Å². The summed E-state index contributed by atoms with van der Waals surface area (Å²) in [6, 6.07) is 9.35. The third-order valence-electron chi connectivity index (χ3n) is 2.76. The van der Waals surface area contributed by atoms with E-state index in [1.165, 1.54) is 23.5 Å². The number of aromatic nitrogens is 4. The lowest BCUT2D eigenvalue weighted by Crippen LogP contribution is -2.45. The Labute approximate surface area is 144 Å². The van der Waals surface area contributed by atoms with Gasteiger partial charge in [0.25, 0.3) is 5.91 Å². The maximum atomic E-state index is 12.0. The molecule has 0 spiro atoms. The van der Waals surface area contributed by atoms with Gasteiger partial charge >= 0.3 is 0 Å². The van der Waals surface area contributed by atoms with E-state index in [4.69, 9.17) is 12.2 Å². The Morgan fingerprint density at radius 3 is 2.87 bits per heavy atom. The summed E-state index contributed by atoms with van der Waals surface area (Å²) in [5, 5.41) is 13.0. The molecule has 118 valence electrons. The number of thioether (sulfide) groups is 2. The van der Waals surface area contributed by atoms with Gasteiger partial charge in [0, 0.05) is 0 Å². The summed E-state index contributed by atoms with van der Waals surface area (Å²) in [6.07, 6.45) is 0. The monoisotopic (exact) mass is 366 g/mol. The molecule has 11 heteroatoms. The quantitative estimate of drug-likeness (QED) is 0.609. The predicted octanol–water partition coefficient (Wildman–Crippen LogP) is 0.646. The van der Waals surface area contributed by atoms with Crippen LogP contribution in [-0.2, 0) is 9.59 Å². The maximum absolute atomic E-state index is 12.0. The molecule has 0 atom stereocenters. The molecule has 23 heavy (non-hydrogen) atoms. The molecule has 1 fully saturated rings. The second kappa shape index (κ2) is 7.06. The predicted molar refractivity (Wildman–Crippen MR) is 89.9 cm³/mol. The SMILES string of the molecule is O=C(CSc1nnnn1-c1ccccc1)NN1C(=O)CSC1=S. The molecular weight excluding hydrogens is 356 g/mol. The summed E-state index contributed by atoms with van der Waals surface area (Å²) < 4.78 is 1.89. The van der Waals surface area contributed by atoms with E-state index in [0.717, 1.165) is 10.7 Å². The summed E-state index contributed by atoms with van der Waals surface area (Å²) in [4.78, 5) is 23.5. The number of hydrazine groups is 1. The Kier molecular flexibility index (Phi) is 4.88. The van der Waals surface area contributed by atoms with Gasteiger partial charge in [-0.2, -0.15) is 4.68 Å². The van der Waals surface area contributed by atoms with Gasteiger partial charge in [-0.15, -0.1) is 5.10 Å². The fourth-order valence-electron chi connectivity index (χ4n) is 1.75. The van der Waals surface area contributed by atoms with Crippen LogP contribution in [0.15, 0.2) is 35.5 Å². The molecule has 0 bridgehead atoms. The smallest absolute Gasteiger partial charge is 0.257 e. The van der Waals surface area contributed by atoms with Crippen LogP contribution in [0, 0.1) is 0 Å². The van der Waals surface area contributed by atoms with Crippen LogP contribution in [0.25, 0.3) is 5.69 Å². The van der Waals surface area contributed by atoms with Crippen LogP contribution in [-0.4, -0.2) is 52.9 Å². The normalized spacial score (nSPS) is 14.3. The van der Waals surface area contributed by atoms with Crippen molar-refractivity contribution in [2.24, 2.45) is 0 Å². The number of benzene rings is 1. The fourth-order valence-corrected chi connectivity index (χ4v) is 3.41. The highest BCUT2D eigenvalue weighted by molar-refractivity contribution is 8.23. The highest BCUT2D eigenvalue weighted by atomic mass is 32.2. The number of nitrogens with zero attached hydrogens (tertiary/aromatic N) is 5. The number of nitrogens with one attached hydrogen (secondary N) is 1. The van der Waals surface area contributed by atoms with E-state index in [9.17, 15) is 9.59 Å². The summed E-state index contributed by atoms with van der Waals surface area (Å²) in [5.41, 5.74) is 3.28. The molecule has 1 aliphatic heterocycles. The highest BCUT2D eigenvalue weighted by Crippen LogP contribution is 2.19. The van der Waals surface area contributed by atoms with Crippen LogP contribution in [0.4, 0.5) is 0 Å². The van der Waals surface area contributed by atoms with Crippen molar-refractivity contribution in [1.29, 1.82) is 0 Å². The van der Waals surface area contributed by atoms with Gasteiger partial charge in [-0.25, -0.2) is 5.01 Å². The number of rotatable bonds is 5. The topological polar surface area (TPSA) is 93.0 Å². The van der Waals surface area contributed by atoms with Crippen LogP contribution >= 0.6 is 35.7 Å². The average molecular weight is 366 g/mol. The van der Waals surface area contributed by atoms with Crippen molar-refractivity contribution in [3.05, 3.63) is 30.3 Å². The van der Waals surface area contributed by atoms with Gasteiger partial charge in [0.2, 0.25) is 11.1 Å². The van der Waals surface area contributed by atoms with Crippen molar-refractivity contribution >= 4 is 51.9 Å². The molecule has 0 aliphatic carbocycles. The third kappa shape index (κ3) is 3.68. The zero-order valence-electron chi connectivity index (χ0n) is 11.6. The number of tetrazole rings is 1. The van der Waals surface area contributed by atoms with E-state index in [2.05, 4.69) is 21.0 Å². The van der Waals surface area contributed by atoms with Gasteiger partial charge in [-0.1, -0.05) is 53.9 Å². The summed E-state index contributed by atoms with van der Waals surface area (Å²) >= 11 is 7.38. The number of para-hydroxylation sites is 1. The Balaban J connectivity index is 1.61. The molecule has 1 saturated heterocycles. The second-order valence-corrected chi connectivity index (χ2v) is 6.87. The Morgan fingerprint density at radius 2 is 2.17 bits per heavy atom. The summed E-state index contributed by atoms with van der Waals surface area (Å²) in [7, 11) is 0. The lowest BCUT2D eigenvalue weighted by Gasteiger charge is -2.15. The standard InChI is InChI=1S/C12H10N6O2S3/c19-9(14-18-10(20)7-23-12(18)21)6-22-11-13-15-16-17(11)8-4-2-1-3-5-8/h1-5H,6-7H2,(H,14,19). The van der Waals surface area contributed by atoms with E-state index in [0.29, 0.717) is 9.48 Å². The van der Waals surface area contributed by atoms with Gasteiger partial charge in [-0.3, -0.25) is 15.0 Å². The number of thiocarbonyl (C=S) groups is 1. The fraction of sp³-hybridized carbons (Fsp3) is 0.167. The van der Waals surface area contributed by atoms with Gasteiger partial charge in [0.05, 0.1) is 17.2 Å². The Morgan fingerprint density at radius 1 is 1.39 bits per heavy atom. The first-order valence-corrected chi connectivity index (χ1v) is 8.79. The lowest BCUT2D eigenvalue weighted by molar-refractivity contribution is -0.132. The molecule has 1 N–H and O–H groups in total. The minimum absolute atomic E-state index is 0.0598. The van der Waals surface area contributed by atoms with Gasteiger partial charge in [-0.05, 0) is 22.6 Å². The van der Waals surface area contributed by atoms with E-state index in [-0.39, 0.29) is 23.3 Å². The zero-order chi connectivity index (χ0) is 16.2. The molecular formula is C12H10N6O2S3. The number of carbonyl (C=O) groups excluding carboxylic acids is 2. The Bertz CT molecular complexity index is 734. The number of hydrogen-bond acceptors (Lipinski definition) is 8. The van der Waals surface area contributed by atoms with E-state index >= 15 is 0 Å². The van der Waals surface area contributed by atoms with Crippen LogP contribution in [0.1, 0.15) is 0 Å². The summed E-state index contributed by atoms with van der Waals surface area (Å²) in [5.74, 6) is -0.272. The van der Waals surface area contributed by atoms with Gasteiger partial charge in [0.1, 0.15) is 0 Å². The minimum atomic E-state index is -0.351. The molecule has 1 aliphatic rings. The van der Waals surface area contributed by atoms with Crippen molar-refractivity contribution in [3.8, 4) is 5.69 Å². The number of hydrogen-bond donors (Lipinski definition) is 1. The molecule has 8 nitrogen and oxygen atoms in total. The molecule has 0 radical (unpaired) electrons. The van der Waals surface area contributed by atoms with Crippen molar-refractivity contribution in [2.45, 2.75) is 5.16 Å². The minimum Gasteiger partial charge on any atom is -0.272 e. The molecule has 0 unspecified atom stereocenters. The highest BCUT2D eigenvalue weighted by Gasteiger charge is 2.28. The molecule has 1 aromatic heterocycles. The van der Waals surface area contributed by atoms with Gasteiger partial charge in [0.15, 0.2) is 4.32 Å². The molecule has 2 heterocycles. The number of carbonyl (C=O) groups is 2. The zero-order valence-corrected chi connectivity index (χ0v) is 14.0. The lowest BCUT2D eigenvalue weighted by atomic mass is 10.3. The van der Waals surface area contributed by atoms with Crippen molar-refractivity contribution < 1.29 is 9.59 Å². The second-order valence-electron chi connectivity index (χ2n) is 4.32. The Hall–Kier alpha value is -1.98. The summed E-state index contributed by atoms with van der Waals surface area (Å²) in [6.45, 7) is 0. The van der Waals surface area contributed by atoms with Gasteiger partial charge < -0.3 is 0 Å². The first-order valence-electron chi connectivity index (χ1n) is 6.41. The van der Waals surface area contributed by atoms with Crippen LogP contribution in [0.2, 0.25) is 0 Å². The van der Waals surface area contributed by atoms with E-state index < -0.39 is 0 Å². The average Bonchev–Trinajstić information content (AvgIpc) is 3.15.